The molecule has 0 radical (unpaired) electrons. The second-order valence-electron chi connectivity index (χ2n) is 5.16. The zero-order chi connectivity index (χ0) is 16.2. The van der Waals surface area contributed by atoms with Crippen LogP contribution in [-0.2, 0) is 6.42 Å². The topological polar surface area (TPSA) is 31.2 Å². The first-order valence-electron chi connectivity index (χ1n) is 7.26. The molecular formula is C17H16Cl2N4. The molecule has 0 aromatic heterocycles. The fourth-order valence-electron chi connectivity index (χ4n) is 2.32. The van der Waals surface area contributed by atoms with Gasteiger partial charge < -0.3 is 0 Å². The third-order valence-electron chi connectivity index (χ3n) is 3.57. The van der Waals surface area contributed by atoms with Crippen LogP contribution in [0.25, 0.3) is 0 Å². The molecule has 0 spiro atoms. The molecule has 0 N–H and O–H groups in total. The van der Waals surface area contributed by atoms with E-state index in [1.807, 2.05) is 60.6 Å². The molecule has 23 heavy (non-hydrogen) atoms. The number of halogens is 2. The van der Waals surface area contributed by atoms with Crippen LogP contribution in [0.2, 0.25) is 10.0 Å². The van der Waals surface area contributed by atoms with Gasteiger partial charge >= 0.3 is 0 Å². The van der Waals surface area contributed by atoms with E-state index in [0.717, 1.165) is 28.4 Å². The fraction of sp³-hybridized carbons (Fsp3) is 0.176. The van der Waals surface area contributed by atoms with Crippen LogP contribution >= 0.6 is 23.2 Å². The first-order valence-corrected chi connectivity index (χ1v) is 8.02. The van der Waals surface area contributed by atoms with Gasteiger partial charge in [-0.15, -0.1) is 0 Å². The predicted molar refractivity (Wildman–Crippen MR) is 96.1 cm³/mol. The summed E-state index contributed by atoms with van der Waals surface area (Å²) in [4.78, 5) is 0. The van der Waals surface area contributed by atoms with Gasteiger partial charge in [-0.05, 0) is 30.2 Å². The minimum atomic E-state index is 0.654. The largest absolute Gasteiger partial charge is 0.250 e. The van der Waals surface area contributed by atoms with Crippen molar-refractivity contribution in [3.8, 4) is 0 Å². The summed E-state index contributed by atoms with van der Waals surface area (Å²) in [7, 11) is 1.85. The summed E-state index contributed by atoms with van der Waals surface area (Å²) < 4.78 is 0. The summed E-state index contributed by atoms with van der Waals surface area (Å²) in [6.07, 6.45) is 2.49. The molecule has 0 amide bonds. The van der Waals surface area contributed by atoms with E-state index in [2.05, 4.69) is 10.2 Å². The SMILES string of the molecule is CN1N=CN(CCc2ccccc2Cl)N=C1c1ccccc1Cl. The second-order valence-corrected chi connectivity index (χ2v) is 5.98. The molecule has 2 aromatic carbocycles. The first-order chi connectivity index (χ1) is 11.1. The maximum Gasteiger partial charge on any atom is 0.177 e. The minimum absolute atomic E-state index is 0.654. The molecule has 0 atom stereocenters. The lowest BCUT2D eigenvalue weighted by Crippen LogP contribution is -2.34. The van der Waals surface area contributed by atoms with Crippen molar-refractivity contribution in [1.29, 1.82) is 0 Å². The number of hydrogen-bond acceptors (Lipinski definition) is 4. The quantitative estimate of drug-likeness (QED) is 0.834. The molecule has 4 nitrogen and oxygen atoms in total. The Morgan fingerprint density at radius 1 is 0.957 bits per heavy atom. The van der Waals surface area contributed by atoms with E-state index < -0.39 is 0 Å². The van der Waals surface area contributed by atoms with Gasteiger partial charge in [-0.3, -0.25) is 5.01 Å². The fourth-order valence-corrected chi connectivity index (χ4v) is 2.77. The van der Waals surface area contributed by atoms with E-state index in [-0.39, 0.29) is 0 Å². The Labute approximate surface area is 145 Å². The third-order valence-corrected chi connectivity index (χ3v) is 4.27. The van der Waals surface area contributed by atoms with Gasteiger partial charge in [-0.2, -0.15) is 10.2 Å². The maximum absolute atomic E-state index is 6.27. The number of hydrogen-bond donors (Lipinski definition) is 0. The Hall–Kier alpha value is -2.04. The van der Waals surface area contributed by atoms with Gasteiger partial charge in [0, 0.05) is 24.2 Å². The first kappa shape index (κ1) is 15.8. The molecule has 118 valence electrons. The molecule has 1 heterocycles. The second kappa shape index (κ2) is 7.02. The average molecular weight is 347 g/mol. The monoisotopic (exact) mass is 346 g/mol. The van der Waals surface area contributed by atoms with Crippen molar-refractivity contribution in [3.63, 3.8) is 0 Å². The van der Waals surface area contributed by atoms with Crippen molar-refractivity contribution < 1.29 is 0 Å². The average Bonchev–Trinajstić information content (AvgIpc) is 2.56. The molecule has 0 saturated carbocycles. The van der Waals surface area contributed by atoms with Crippen LogP contribution in [-0.4, -0.2) is 35.8 Å². The van der Waals surface area contributed by atoms with Crippen LogP contribution in [0.4, 0.5) is 0 Å². The highest BCUT2D eigenvalue weighted by molar-refractivity contribution is 6.34. The summed E-state index contributed by atoms with van der Waals surface area (Å²) in [6.45, 7) is 0.690. The van der Waals surface area contributed by atoms with Crippen LogP contribution in [0.15, 0.2) is 58.7 Å². The summed E-state index contributed by atoms with van der Waals surface area (Å²) in [6, 6.07) is 15.4. The van der Waals surface area contributed by atoms with E-state index in [4.69, 9.17) is 23.2 Å². The highest BCUT2D eigenvalue weighted by atomic mass is 35.5. The smallest absolute Gasteiger partial charge is 0.177 e. The number of nitrogens with zero attached hydrogens (tertiary/aromatic N) is 4. The van der Waals surface area contributed by atoms with Crippen molar-refractivity contribution in [3.05, 3.63) is 69.7 Å². The lowest BCUT2D eigenvalue weighted by Gasteiger charge is -2.25. The molecule has 0 saturated heterocycles. The Bertz CT molecular complexity index is 758. The zero-order valence-corrected chi connectivity index (χ0v) is 14.2. The number of amidine groups is 1. The Morgan fingerprint density at radius 3 is 2.39 bits per heavy atom. The predicted octanol–water partition coefficient (Wildman–Crippen LogP) is 4.09. The summed E-state index contributed by atoms with van der Waals surface area (Å²) in [5.74, 6) is 0.720. The van der Waals surface area contributed by atoms with Crippen LogP contribution < -0.4 is 0 Å². The van der Waals surface area contributed by atoms with E-state index in [1.54, 1.807) is 11.3 Å². The van der Waals surface area contributed by atoms with Gasteiger partial charge in [0.2, 0.25) is 0 Å². The lowest BCUT2D eigenvalue weighted by atomic mass is 10.1. The van der Waals surface area contributed by atoms with Crippen molar-refractivity contribution in [2.75, 3.05) is 13.6 Å². The molecule has 3 rings (SSSR count). The van der Waals surface area contributed by atoms with Crippen LogP contribution in [0, 0.1) is 0 Å². The zero-order valence-electron chi connectivity index (χ0n) is 12.7. The van der Waals surface area contributed by atoms with E-state index in [1.165, 1.54) is 0 Å². The van der Waals surface area contributed by atoms with Crippen LogP contribution in [0.3, 0.4) is 0 Å². The highest BCUT2D eigenvalue weighted by Crippen LogP contribution is 2.20. The molecule has 1 aliphatic rings. The molecule has 6 heteroatoms. The van der Waals surface area contributed by atoms with Gasteiger partial charge in [0.25, 0.3) is 0 Å². The van der Waals surface area contributed by atoms with Gasteiger partial charge in [-0.25, -0.2) is 5.01 Å². The normalized spacial score (nSPS) is 14.1. The Morgan fingerprint density at radius 2 is 1.65 bits per heavy atom. The molecular weight excluding hydrogens is 331 g/mol. The van der Waals surface area contributed by atoms with E-state index >= 15 is 0 Å². The number of benzene rings is 2. The Kier molecular flexibility index (Phi) is 4.84. The van der Waals surface area contributed by atoms with Crippen molar-refractivity contribution >= 4 is 35.4 Å². The number of rotatable bonds is 4. The standard InChI is InChI=1S/C17H16Cl2N4/c1-22-17(14-7-3-5-9-16(14)19)21-23(12-20-22)11-10-13-6-2-4-8-15(13)18/h2-9,12H,10-11H2,1H3. The van der Waals surface area contributed by atoms with E-state index in [0.29, 0.717) is 11.6 Å². The highest BCUT2D eigenvalue weighted by Gasteiger charge is 2.17. The van der Waals surface area contributed by atoms with Crippen molar-refractivity contribution in [2.45, 2.75) is 6.42 Å². The summed E-state index contributed by atoms with van der Waals surface area (Å²) in [5.41, 5.74) is 1.95. The van der Waals surface area contributed by atoms with Crippen LogP contribution in [0.1, 0.15) is 11.1 Å². The van der Waals surface area contributed by atoms with Crippen LogP contribution in [0.5, 0.6) is 0 Å². The van der Waals surface area contributed by atoms with Gasteiger partial charge in [0.1, 0.15) is 6.34 Å². The maximum atomic E-state index is 6.27. The molecule has 2 aromatic rings. The molecule has 0 fully saturated rings. The number of hydrazone groups is 2. The van der Waals surface area contributed by atoms with Crippen molar-refractivity contribution in [1.82, 2.24) is 10.0 Å². The van der Waals surface area contributed by atoms with E-state index in [9.17, 15) is 0 Å². The van der Waals surface area contributed by atoms with Gasteiger partial charge in [-0.1, -0.05) is 53.5 Å². The molecule has 0 bridgehead atoms. The van der Waals surface area contributed by atoms with Gasteiger partial charge in [0.15, 0.2) is 5.84 Å². The molecule has 1 aliphatic heterocycles. The molecule has 0 unspecified atom stereocenters. The Balaban J connectivity index is 1.77. The molecule has 0 aliphatic carbocycles. The third kappa shape index (κ3) is 3.66. The summed E-state index contributed by atoms with van der Waals surface area (Å²) in [5, 5.41) is 13.9. The lowest BCUT2D eigenvalue weighted by molar-refractivity contribution is 0.402. The van der Waals surface area contributed by atoms with Gasteiger partial charge in [0.05, 0.1) is 5.02 Å². The van der Waals surface area contributed by atoms with Crippen molar-refractivity contribution in [2.24, 2.45) is 10.2 Å². The summed E-state index contributed by atoms with van der Waals surface area (Å²) >= 11 is 12.5. The minimum Gasteiger partial charge on any atom is -0.250 e.